The van der Waals surface area contributed by atoms with Gasteiger partial charge in [-0.25, -0.2) is 0 Å². The van der Waals surface area contributed by atoms with Crippen LogP contribution in [0.2, 0.25) is 0 Å². The minimum absolute atomic E-state index is 0.237. The van der Waals surface area contributed by atoms with Gasteiger partial charge in [0.25, 0.3) is 0 Å². The zero-order valence-electron chi connectivity index (χ0n) is 9.93. The van der Waals surface area contributed by atoms with E-state index in [1.165, 1.54) is 6.92 Å². The topological polar surface area (TPSA) is 112 Å². The van der Waals surface area contributed by atoms with E-state index in [4.69, 9.17) is 0 Å². The average molecular weight is 262 g/mol. The summed E-state index contributed by atoms with van der Waals surface area (Å²) in [4.78, 5) is 34.7. The van der Waals surface area contributed by atoms with Crippen molar-refractivity contribution in [2.45, 2.75) is 13.3 Å². The maximum atomic E-state index is 11.8. The minimum atomic E-state index is -1.01. The molecule has 0 amide bonds. The molecular formula is C13H10O6. The molecule has 3 N–H and O–H groups in total. The molecule has 0 radical (unpaired) electrons. The number of fused-ring (bicyclic) bond motifs is 1. The van der Waals surface area contributed by atoms with Gasteiger partial charge in [-0.05, 0) is 13.0 Å². The fraction of sp³-hybridized carbons (Fsp3) is 0.154. The highest BCUT2D eigenvalue weighted by Gasteiger charge is 2.35. The Labute approximate surface area is 107 Å². The first kappa shape index (κ1) is 12.8. The summed E-state index contributed by atoms with van der Waals surface area (Å²) in [7, 11) is 0. The van der Waals surface area contributed by atoms with Crippen molar-refractivity contribution in [3.05, 3.63) is 28.8 Å². The molecule has 2 rings (SSSR count). The Bertz CT molecular complexity index is 653. The summed E-state index contributed by atoms with van der Waals surface area (Å²) in [5, 5.41) is 28.9. The van der Waals surface area contributed by atoms with Gasteiger partial charge in [0.15, 0.2) is 0 Å². The number of hydrogen-bond acceptors (Lipinski definition) is 6. The Morgan fingerprint density at radius 1 is 1.11 bits per heavy atom. The number of hydrogen-bond donors (Lipinski definition) is 3. The van der Waals surface area contributed by atoms with Gasteiger partial charge < -0.3 is 15.3 Å². The summed E-state index contributed by atoms with van der Waals surface area (Å²) >= 11 is 0. The van der Waals surface area contributed by atoms with E-state index >= 15 is 0 Å². The second kappa shape index (κ2) is 4.24. The molecule has 1 aromatic rings. The van der Waals surface area contributed by atoms with Crippen molar-refractivity contribution in [2.75, 3.05) is 0 Å². The van der Waals surface area contributed by atoms with Crippen molar-refractivity contribution in [3.63, 3.8) is 0 Å². The lowest BCUT2D eigenvalue weighted by atomic mass is 9.86. The molecule has 0 atom stereocenters. The van der Waals surface area contributed by atoms with Gasteiger partial charge in [0.1, 0.15) is 23.0 Å². The van der Waals surface area contributed by atoms with E-state index in [2.05, 4.69) is 0 Å². The number of allylic oxidation sites excluding steroid dienone is 1. The molecule has 6 heteroatoms. The van der Waals surface area contributed by atoms with Crippen molar-refractivity contribution < 1.29 is 29.7 Å². The average Bonchev–Trinajstić information content (AvgIpc) is 2.30. The van der Waals surface area contributed by atoms with Crippen molar-refractivity contribution in [1.82, 2.24) is 0 Å². The minimum Gasteiger partial charge on any atom is -0.508 e. The van der Waals surface area contributed by atoms with Crippen LogP contribution in [0.4, 0.5) is 0 Å². The first-order valence-electron chi connectivity index (χ1n) is 5.40. The lowest BCUT2D eigenvalue weighted by Crippen LogP contribution is -2.25. The van der Waals surface area contributed by atoms with E-state index in [-0.39, 0.29) is 16.7 Å². The fourth-order valence-electron chi connectivity index (χ4n) is 1.97. The van der Waals surface area contributed by atoms with E-state index < -0.39 is 41.0 Å². The Morgan fingerprint density at radius 3 is 2.32 bits per heavy atom. The summed E-state index contributed by atoms with van der Waals surface area (Å²) in [5.74, 6) is -3.92. The van der Waals surface area contributed by atoms with Crippen molar-refractivity contribution in [2.24, 2.45) is 0 Å². The standard InChI is InChI=1S/C13H10O6/c1-5(14)2-8-11(17)10-7(12(18)13(8)19)3-6(15)4-9(10)16/h3-4,15-17H,2H2,1H3. The van der Waals surface area contributed by atoms with Gasteiger partial charge in [0, 0.05) is 18.1 Å². The third-order valence-corrected chi connectivity index (χ3v) is 2.78. The predicted octanol–water partition coefficient (Wildman–Crippen LogP) is 1.11. The van der Waals surface area contributed by atoms with Crippen LogP contribution in [0.15, 0.2) is 17.7 Å². The van der Waals surface area contributed by atoms with Crippen LogP contribution in [0.5, 0.6) is 11.5 Å². The zero-order chi connectivity index (χ0) is 14.3. The SMILES string of the molecule is CC(=O)CC1=C(O)c2c(O)cc(O)cc2C(=O)C1=O. The first-order chi connectivity index (χ1) is 8.82. The Morgan fingerprint density at radius 2 is 1.74 bits per heavy atom. The summed E-state index contributed by atoms with van der Waals surface area (Å²) in [6.07, 6.45) is -0.393. The molecule has 0 bridgehead atoms. The molecule has 0 heterocycles. The van der Waals surface area contributed by atoms with E-state index in [9.17, 15) is 29.7 Å². The van der Waals surface area contributed by atoms with Crippen LogP contribution in [-0.4, -0.2) is 32.7 Å². The highest BCUT2D eigenvalue weighted by molar-refractivity contribution is 6.52. The van der Waals surface area contributed by atoms with Crippen LogP contribution in [0.25, 0.3) is 5.76 Å². The van der Waals surface area contributed by atoms with E-state index in [0.717, 1.165) is 12.1 Å². The molecule has 1 aliphatic carbocycles. The zero-order valence-corrected chi connectivity index (χ0v) is 9.93. The molecule has 0 unspecified atom stereocenters. The van der Waals surface area contributed by atoms with E-state index in [0.29, 0.717) is 0 Å². The number of Topliss-reactive ketones (excluding diaryl/α,β-unsaturated/α-hetero) is 3. The third kappa shape index (κ3) is 1.97. The Balaban J connectivity index is 2.74. The number of benzene rings is 1. The van der Waals surface area contributed by atoms with E-state index in [1.54, 1.807) is 0 Å². The van der Waals surface area contributed by atoms with Crippen molar-refractivity contribution in [3.8, 4) is 11.5 Å². The maximum absolute atomic E-state index is 11.8. The lowest BCUT2D eigenvalue weighted by Gasteiger charge is -2.18. The maximum Gasteiger partial charge on any atom is 0.234 e. The number of phenols is 2. The number of aliphatic hydroxyl groups is 1. The molecule has 0 aromatic heterocycles. The fourth-order valence-corrected chi connectivity index (χ4v) is 1.97. The molecule has 0 aliphatic heterocycles. The number of rotatable bonds is 2. The first-order valence-corrected chi connectivity index (χ1v) is 5.40. The van der Waals surface area contributed by atoms with Gasteiger partial charge in [0.05, 0.1) is 11.1 Å². The quantitative estimate of drug-likeness (QED) is 0.688. The van der Waals surface area contributed by atoms with Crippen LogP contribution in [0, 0.1) is 0 Å². The van der Waals surface area contributed by atoms with Crippen LogP contribution >= 0.6 is 0 Å². The summed E-state index contributed by atoms with van der Waals surface area (Å²) < 4.78 is 0. The number of phenolic OH excluding ortho intramolecular Hbond substituents is 2. The highest BCUT2D eigenvalue weighted by Crippen LogP contribution is 2.37. The second-order valence-corrected chi connectivity index (χ2v) is 4.25. The Kier molecular flexibility index (Phi) is 2.86. The Hall–Kier alpha value is -2.63. The lowest BCUT2D eigenvalue weighted by molar-refractivity contribution is -0.118. The van der Waals surface area contributed by atoms with E-state index in [1.807, 2.05) is 0 Å². The van der Waals surface area contributed by atoms with Gasteiger partial charge >= 0.3 is 0 Å². The van der Waals surface area contributed by atoms with Crippen LogP contribution < -0.4 is 0 Å². The molecule has 1 aromatic carbocycles. The molecule has 1 aliphatic rings. The number of ketones is 3. The highest BCUT2D eigenvalue weighted by atomic mass is 16.3. The molecule has 0 saturated heterocycles. The molecule has 98 valence electrons. The molecule has 19 heavy (non-hydrogen) atoms. The number of carbonyl (C=O) groups is 3. The number of aliphatic hydroxyl groups excluding tert-OH is 1. The van der Waals surface area contributed by atoms with Crippen molar-refractivity contribution >= 4 is 23.1 Å². The van der Waals surface area contributed by atoms with Gasteiger partial charge in [-0.2, -0.15) is 0 Å². The van der Waals surface area contributed by atoms with Gasteiger partial charge in [0.2, 0.25) is 11.6 Å². The summed E-state index contributed by atoms with van der Waals surface area (Å²) in [6.45, 7) is 1.21. The number of aromatic hydroxyl groups is 2. The number of carbonyl (C=O) groups excluding carboxylic acids is 3. The third-order valence-electron chi connectivity index (χ3n) is 2.78. The van der Waals surface area contributed by atoms with Gasteiger partial charge in [-0.1, -0.05) is 0 Å². The van der Waals surface area contributed by atoms with Crippen LogP contribution in [0.1, 0.15) is 29.3 Å². The largest absolute Gasteiger partial charge is 0.508 e. The monoisotopic (exact) mass is 262 g/mol. The molecule has 6 nitrogen and oxygen atoms in total. The van der Waals surface area contributed by atoms with Crippen LogP contribution in [0.3, 0.4) is 0 Å². The van der Waals surface area contributed by atoms with Crippen LogP contribution in [-0.2, 0) is 9.59 Å². The predicted molar refractivity (Wildman–Crippen MR) is 64.0 cm³/mol. The molecule has 0 saturated carbocycles. The van der Waals surface area contributed by atoms with Gasteiger partial charge in [-0.15, -0.1) is 0 Å². The molecule has 0 spiro atoms. The van der Waals surface area contributed by atoms with Crippen molar-refractivity contribution in [1.29, 1.82) is 0 Å². The second-order valence-electron chi connectivity index (χ2n) is 4.25. The normalized spacial score (nSPS) is 14.6. The summed E-state index contributed by atoms with van der Waals surface area (Å²) in [5.41, 5.74) is -0.864. The molecule has 0 fully saturated rings. The smallest absolute Gasteiger partial charge is 0.234 e. The molecular weight excluding hydrogens is 252 g/mol. The summed E-state index contributed by atoms with van der Waals surface area (Å²) in [6, 6.07) is 1.92. The van der Waals surface area contributed by atoms with Gasteiger partial charge in [-0.3, -0.25) is 14.4 Å².